The molecule has 1 N–H and O–H groups in total. The van der Waals surface area contributed by atoms with E-state index in [2.05, 4.69) is 10.1 Å². The number of alkyl halides is 2. The van der Waals surface area contributed by atoms with E-state index in [1.807, 2.05) is 0 Å². The number of carbonyl (C=O) groups excluding carboxylic acids is 1. The van der Waals surface area contributed by atoms with E-state index in [4.69, 9.17) is 14.2 Å². The van der Waals surface area contributed by atoms with Crippen LogP contribution in [0.25, 0.3) is 0 Å². The molecule has 1 aliphatic heterocycles. The van der Waals surface area contributed by atoms with Crippen molar-refractivity contribution in [2.75, 3.05) is 25.6 Å². The number of anilines is 1. The van der Waals surface area contributed by atoms with Crippen LogP contribution >= 0.6 is 0 Å². The quantitative estimate of drug-likeness (QED) is 0.731. The van der Waals surface area contributed by atoms with Crippen molar-refractivity contribution in [3.8, 4) is 17.2 Å². The number of amides is 1. The minimum Gasteiger partial charge on any atom is -0.493 e. The molecule has 0 bridgehead atoms. The highest BCUT2D eigenvalue weighted by molar-refractivity contribution is 6.04. The molecule has 1 saturated heterocycles. The molecular weight excluding hydrogens is 372 g/mol. The molecule has 1 heterocycles. The Hall–Kier alpha value is -2.87. The van der Waals surface area contributed by atoms with Crippen LogP contribution in [0.3, 0.4) is 0 Å². The van der Waals surface area contributed by atoms with Gasteiger partial charge in [0.2, 0.25) is 0 Å². The van der Waals surface area contributed by atoms with Crippen LogP contribution in [0.1, 0.15) is 23.2 Å². The number of methoxy groups -OCH3 is 1. The fraction of sp³-hybridized carbons (Fsp3) is 0.350. The van der Waals surface area contributed by atoms with Crippen molar-refractivity contribution in [3.63, 3.8) is 0 Å². The average molecular weight is 393 g/mol. The summed E-state index contributed by atoms with van der Waals surface area (Å²) in [6.07, 6.45) is 2.14. The van der Waals surface area contributed by atoms with E-state index < -0.39 is 6.61 Å². The molecule has 0 aromatic heterocycles. The Balaban J connectivity index is 1.60. The van der Waals surface area contributed by atoms with Gasteiger partial charge < -0.3 is 24.3 Å². The molecule has 28 heavy (non-hydrogen) atoms. The lowest BCUT2D eigenvalue weighted by Crippen LogP contribution is -2.16. The number of halogens is 2. The molecule has 0 unspecified atom stereocenters. The van der Waals surface area contributed by atoms with Crippen LogP contribution in [-0.4, -0.2) is 38.9 Å². The standard InChI is InChI=1S/C20H21F2NO5/c1-25-17-9-6-14(11-18(17)28-20(21)22)23-19(24)13-4-7-15(8-5-13)27-12-16-3-2-10-26-16/h4-9,11,16,20H,2-3,10,12H2,1H3,(H,23,24)/t16-/m0/s1. The summed E-state index contributed by atoms with van der Waals surface area (Å²) in [7, 11) is 1.34. The zero-order chi connectivity index (χ0) is 19.9. The minimum atomic E-state index is -3.00. The van der Waals surface area contributed by atoms with Gasteiger partial charge in [-0.05, 0) is 49.2 Å². The zero-order valence-electron chi connectivity index (χ0n) is 15.3. The SMILES string of the molecule is COc1ccc(NC(=O)c2ccc(OC[C@@H]3CCCO3)cc2)cc1OC(F)F. The fourth-order valence-corrected chi connectivity index (χ4v) is 2.81. The third kappa shape index (κ3) is 5.32. The summed E-state index contributed by atoms with van der Waals surface area (Å²) in [5.41, 5.74) is 0.705. The molecule has 1 atom stereocenters. The van der Waals surface area contributed by atoms with Gasteiger partial charge in [0, 0.05) is 23.9 Å². The van der Waals surface area contributed by atoms with Gasteiger partial charge in [-0.2, -0.15) is 8.78 Å². The van der Waals surface area contributed by atoms with Crippen LogP contribution in [-0.2, 0) is 4.74 Å². The van der Waals surface area contributed by atoms with Crippen molar-refractivity contribution >= 4 is 11.6 Å². The minimum absolute atomic E-state index is 0.114. The monoisotopic (exact) mass is 393 g/mol. The van der Waals surface area contributed by atoms with E-state index in [-0.39, 0.29) is 23.5 Å². The summed E-state index contributed by atoms with van der Waals surface area (Å²) in [4.78, 5) is 12.4. The molecule has 0 saturated carbocycles. The van der Waals surface area contributed by atoms with Crippen molar-refractivity contribution in [3.05, 3.63) is 48.0 Å². The van der Waals surface area contributed by atoms with Crippen molar-refractivity contribution in [2.45, 2.75) is 25.6 Å². The second kappa shape index (κ2) is 9.36. The van der Waals surface area contributed by atoms with Crippen molar-refractivity contribution in [1.82, 2.24) is 0 Å². The summed E-state index contributed by atoms with van der Waals surface area (Å²) in [5, 5.41) is 2.64. The van der Waals surface area contributed by atoms with Gasteiger partial charge in [0.15, 0.2) is 11.5 Å². The first-order chi connectivity index (χ1) is 13.5. The highest BCUT2D eigenvalue weighted by Crippen LogP contribution is 2.31. The third-order valence-corrected chi connectivity index (χ3v) is 4.21. The molecule has 1 aliphatic rings. The van der Waals surface area contributed by atoms with E-state index in [0.717, 1.165) is 19.4 Å². The predicted octanol–water partition coefficient (Wildman–Crippen LogP) is 4.11. The number of hydrogen-bond donors (Lipinski definition) is 1. The molecule has 0 radical (unpaired) electrons. The lowest BCUT2D eigenvalue weighted by molar-refractivity contribution is -0.0511. The van der Waals surface area contributed by atoms with Crippen LogP contribution in [0.2, 0.25) is 0 Å². The molecular formula is C20H21F2NO5. The molecule has 6 nitrogen and oxygen atoms in total. The summed E-state index contributed by atoms with van der Waals surface area (Å²) in [6, 6.07) is 10.9. The lowest BCUT2D eigenvalue weighted by Gasteiger charge is -2.13. The molecule has 3 rings (SSSR count). The maximum absolute atomic E-state index is 12.5. The average Bonchev–Trinajstić information content (AvgIpc) is 3.20. The van der Waals surface area contributed by atoms with Crippen LogP contribution in [0.4, 0.5) is 14.5 Å². The largest absolute Gasteiger partial charge is 0.493 e. The topological polar surface area (TPSA) is 66.0 Å². The molecule has 8 heteroatoms. The first-order valence-electron chi connectivity index (χ1n) is 8.84. The number of hydrogen-bond acceptors (Lipinski definition) is 5. The molecule has 0 aliphatic carbocycles. The molecule has 2 aromatic rings. The van der Waals surface area contributed by atoms with Gasteiger partial charge in [-0.25, -0.2) is 0 Å². The molecule has 2 aromatic carbocycles. The zero-order valence-corrected chi connectivity index (χ0v) is 15.3. The smallest absolute Gasteiger partial charge is 0.387 e. The van der Waals surface area contributed by atoms with E-state index in [9.17, 15) is 13.6 Å². The molecule has 1 fully saturated rings. The van der Waals surface area contributed by atoms with Gasteiger partial charge in [-0.15, -0.1) is 0 Å². The van der Waals surface area contributed by atoms with Gasteiger partial charge in [-0.1, -0.05) is 0 Å². The Morgan fingerprint density at radius 3 is 2.64 bits per heavy atom. The predicted molar refractivity (Wildman–Crippen MR) is 98.5 cm³/mol. The van der Waals surface area contributed by atoms with Crippen molar-refractivity contribution in [2.24, 2.45) is 0 Å². The number of nitrogens with one attached hydrogen (secondary N) is 1. The lowest BCUT2D eigenvalue weighted by atomic mass is 10.2. The molecule has 150 valence electrons. The fourth-order valence-electron chi connectivity index (χ4n) is 2.81. The highest BCUT2D eigenvalue weighted by Gasteiger charge is 2.16. The van der Waals surface area contributed by atoms with E-state index in [1.165, 1.54) is 25.3 Å². The van der Waals surface area contributed by atoms with E-state index in [0.29, 0.717) is 23.6 Å². The maximum atomic E-state index is 12.5. The summed E-state index contributed by atoms with van der Waals surface area (Å²) in [5.74, 6) is 0.238. The van der Waals surface area contributed by atoms with Crippen molar-refractivity contribution in [1.29, 1.82) is 0 Å². The van der Waals surface area contributed by atoms with E-state index >= 15 is 0 Å². The van der Waals surface area contributed by atoms with E-state index in [1.54, 1.807) is 24.3 Å². The van der Waals surface area contributed by atoms with Crippen LogP contribution < -0.4 is 19.5 Å². The van der Waals surface area contributed by atoms with Gasteiger partial charge in [-0.3, -0.25) is 4.79 Å². The number of ether oxygens (including phenoxy) is 4. The second-order valence-corrected chi connectivity index (χ2v) is 6.17. The highest BCUT2D eigenvalue weighted by atomic mass is 19.3. The Labute approximate surface area is 161 Å². The molecule has 1 amide bonds. The first-order valence-corrected chi connectivity index (χ1v) is 8.84. The Morgan fingerprint density at radius 1 is 1.21 bits per heavy atom. The van der Waals surface area contributed by atoms with Crippen LogP contribution in [0.15, 0.2) is 42.5 Å². The van der Waals surface area contributed by atoms with Gasteiger partial charge in [0.25, 0.3) is 5.91 Å². The Morgan fingerprint density at radius 2 is 2.00 bits per heavy atom. The summed E-state index contributed by atoms with van der Waals surface area (Å²) < 4.78 is 45.6. The summed E-state index contributed by atoms with van der Waals surface area (Å²) >= 11 is 0. The third-order valence-electron chi connectivity index (χ3n) is 4.21. The molecule has 0 spiro atoms. The normalized spacial score (nSPS) is 16.1. The van der Waals surface area contributed by atoms with Crippen molar-refractivity contribution < 1.29 is 32.5 Å². The van der Waals surface area contributed by atoms with Crippen LogP contribution in [0.5, 0.6) is 17.2 Å². The van der Waals surface area contributed by atoms with Gasteiger partial charge in [0.1, 0.15) is 12.4 Å². The summed E-state index contributed by atoms with van der Waals surface area (Å²) in [6.45, 7) is -1.76. The number of benzene rings is 2. The second-order valence-electron chi connectivity index (χ2n) is 6.17. The maximum Gasteiger partial charge on any atom is 0.387 e. The van der Waals surface area contributed by atoms with Gasteiger partial charge >= 0.3 is 6.61 Å². The number of rotatable bonds is 8. The van der Waals surface area contributed by atoms with Crippen LogP contribution in [0, 0.1) is 0 Å². The Bertz CT molecular complexity index is 792. The Kier molecular flexibility index (Phi) is 6.65. The first kappa shape index (κ1) is 19.9. The van der Waals surface area contributed by atoms with Gasteiger partial charge in [0.05, 0.1) is 13.2 Å². The number of carbonyl (C=O) groups is 1.